The maximum absolute atomic E-state index is 12.3. The van der Waals surface area contributed by atoms with E-state index < -0.39 is 0 Å². The van der Waals surface area contributed by atoms with Crippen LogP contribution in [0.25, 0.3) is 0 Å². The van der Waals surface area contributed by atoms with Crippen LogP contribution < -0.4 is 20.1 Å². The van der Waals surface area contributed by atoms with Crippen LogP contribution in [0.15, 0.2) is 55.0 Å². The highest BCUT2D eigenvalue weighted by Gasteiger charge is 2.09. The standard InChI is InChI=1S/C20H21N5O3/c1-27-17-6-5-14(10-18(17)28-2)12-24-20-22-9-7-16(25-20)19(26)23-13-15-4-3-8-21-11-15/h3-11H,12-13H2,1-2H3,(H,23,26)(H,22,24,25). The number of benzene rings is 1. The maximum atomic E-state index is 12.3. The van der Waals surface area contributed by atoms with Crippen molar-refractivity contribution in [2.45, 2.75) is 13.1 Å². The number of carbonyl (C=O) groups is 1. The Morgan fingerprint density at radius 3 is 2.61 bits per heavy atom. The van der Waals surface area contributed by atoms with E-state index in [9.17, 15) is 4.79 Å². The fourth-order valence-electron chi connectivity index (χ4n) is 2.52. The Kier molecular flexibility index (Phi) is 6.35. The first kappa shape index (κ1) is 19.1. The van der Waals surface area contributed by atoms with E-state index in [2.05, 4.69) is 25.6 Å². The normalized spacial score (nSPS) is 10.2. The third-order valence-electron chi connectivity index (χ3n) is 3.96. The van der Waals surface area contributed by atoms with Gasteiger partial charge < -0.3 is 20.1 Å². The van der Waals surface area contributed by atoms with E-state index in [0.29, 0.717) is 30.5 Å². The lowest BCUT2D eigenvalue weighted by Crippen LogP contribution is -2.24. The average Bonchev–Trinajstić information content (AvgIpc) is 2.76. The number of anilines is 1. The molecule has 0 spiro atoms. The van der Waals surface area contributed by atoms with Gasteiger partial charge in [0, 0.05) is 31.7 Å². The SMILES string of the molecule is COc1ccc(CNc2nccc(C(=O)NCc3cccnc3)n2)cc1OC. The molecular weight excluding hydrogens is 358 g/mol. The first-order valence-electron chi connectivity index (χ1n) is 8.64. The predicted molar refractivity (Wildman–Crippen MR) is 104 cm³/mol. The van der Waals surface area contributed by atoms with E-state index >= 15 is 0 Å². The molecule has 0 bridgehead atoms. The predicted octanol–water partition coefficient (Wildman–Crippen LogP) is 2.43. The molecule has 1 amide bonds. The summed E-state index contributed by atoms with van der Waals surface area (Å²) in [5.41, 5.74) is 2.16. The molecule has 0 fully saturated rings. The summed E-state index contributed by atoms with van der Waals surface area (Å²) in [6.45, 7) is 0.853. The van der Waals surface area contributed by atoms with Gasteiger partial charge in [0.1, 0.15) is 5.69 Å². The van der Waals surface area contributed by atoms with Gasteiger partial charge in [-0.05, 0) is 35.4 Å². The van der Waals surface area contributed by atoms with Crippen LogP contribution in [0, 0.1) is 0 Å². The number of methoxy groups -OCH3 is 2. The highest BCUT2D eigenvalue weighted by atomic mass is 16.5. The molecule has 0 unspecified atom stereocenters. The van der Waals surface area contributed by atoms with E-state index in [-0.39, 0.29) is 11.6 Å². The Bertz CT molecular complexity index is 934. The summed E-state index contributed by atoms with van der Waals surface area (Å²) in [5.74, 6) is 1.39. The number of ether oxygens (including phenoxy) is 2. The minimum Gasteiger partial charge on any atom is -0.493 e. The van der Waals surface area contributed by atoms with Gasteiger partial charge in [-0.1, -0.05) is 12.1 Å². The summed E-state index contributed by atoms with van der Waals surface area (Å²) in [6.07, 6.45) is 4.94. The van der Waals surface area contributed by atoms with Crippen LogP contribution >= 0.6 is 0 Å². The van der Waals surface area contributed by atoms with E-state index in [1.54, 1.807) is 38.9 Å². The summed E-state index contributed by atoms with van der Waals surface area (Å²) in [6, 6.07) is 10.9. The number of nitrogens with one attached hydrogen (secondary N) is 2. The number of amides is 1. The maximum Gasteiger partial charge on any atom is 0.270 e. The highest BCUT2D eigenvalue weighted by Crippen LogP contribution is 2.27. The minimum atomic E-state index is -0.277. The smallest absolute Gasteiger partial charge is 0.270 e. The molecule has 8 nitrogen and oxygen atoms in total. The Balaban J connectivity index is 1.61. The topological polar surface area (TPSA) is 98.3 Å². The average molecular weight is 379 g/mol. The van der Waals surface area contributed by atoms with Crippen molar-refractivity contribution in [1.29, 1.82) is 0 Å². The van der Waals surface area contributed by atoms with Gasteiger partial charge in [0.05, 0.1) is 14.2 Å². The number of pyridine rings is 1. The first-order chi connectivity index (χ1) is 13.7. The van der Waals surface area contributed by atoms with Crippen LogP contribution in [0.5, 0.6) is 11.5 Å². The molecule has 2 N–H and O–H groups in total. The monoisotopic (exact) mass is 379 g/mol. The van der Waals surface area contributed by atoms with Crippen molar-refractivity contribution in [3.05, 3.63) is 71.8 Å². The molecule has 144 valence electrons. The van der Waals surface area contributed by atoms with Crippen LogP contribution in [0.2, 0.25) is 0 Å². The summed E-state index contributed by atoms with van der Waals surface area (Å²) >= 11 is 0. The van der Waals surface area contributed by atoms with Gasteiger partial charge in [-0.25, -0.2) is 9.97 Å². The number of hydrogen-bond acceptors (Lipinski definition) is 7. The van der Waals surface area contributed by atoms with E-state index in [1.165, 1.54) is 0 Å². The highest BCUT2D eigenvalue weighted by molar-refractivity contribution is 5.92. The van der Waals surface area contributed by atoms with Gasteiger partial charge >= 0.3 is 0 Å². The van der Waals surface area contributed by atoms with Crippen molar-refractivity contribution >= 4 is 11.9 Å². The second-order valence-corrected chi connectivity index (χ2v) is 5.85. The molecule has 3 aromatic rings. The van der Waals surface area contributed by atoms with Crippen molar-refractivity contribution < 1.29 is 14.3 Å². The van der Waals surface area contributed by atoms with Crippen molar-refractivity contribution in [3.63, 3.8) is 0 Å². The van der Waals surface area contributed by atoms with Crippen LogP contribution in [0.1, 0.15) is 21.6 Å². The molecule has 0 atom stereocenters. The number of hydrogen-bond donors (Lipinski definition) is 2. The summed E-state index contributed by atoms with van der Waals surface area (Å²) in [5, 5.41) is 5.93. The lowest BCUT2D eigenvalue weighted by Gasteiger charge is -2.10. The van der Waals surface area contributed by atoms with Crippen LogP contribution in [-0.4, -0.2) is 35.1 Å². The van der Waals surface area contributed by atoms with E-state index in [4.69, 9.17) is 9.47 Å². The zero-order valence-corrected chi connectivity index (χ0v) is 15.7. The second-order valence-electron chi connectivity index (χ2n) is 5.85. The Labute approximate surface area is 163 Å². The van der Waals surface area contributed by atoms with Gasteiger partial charge in [-0.2, -0.15) is 0 Å². The minimum absolute atomic E-state index is 0.277. The third kappa shape index (κ3) is 4.94. The Hall–Kier alpha value is -3.68. The third-order valence-corrected chi connectivity index (χ3v) is 3.96. The fraction of sp³-hybridized carbons (Fsp3) is 0.200. The Morgan fingerprint density at radius 2 is 1.86 bits per heavy atom. The molecule has 2 aromatic heterocycles. The number of carbonyl (C=O) groups excluding carboxylic acids is 1. The lowest BCUT2D eigenvalue weighted by atomic mass is 10.2. The van der Waals surface area contributed by atoms with Gasteiger partial charge in [0.25, 0.3) is 5.91 Å². The van der Waals surface area contributed by atoms with Crippen molar-refractivity contribution in [3.8, 4) is 11.5 Å². The molecule has 0 aliphatic heterocycles. The second kappa shape index (κ2) is 9.31. The quantitative estimate of drug-likeness (QED) is 0.620. The molecule has 28 heavy (non-hydrogen) atoms. The molecule has 2 heterocycles. The molecule has 0 saturated carbocycles. The van der Waals surface area contributed by atoms with Crippen LogP contribution in [0.3, 0.4) is 0 Å². The summed E-state index contributed by atoms with van der Waals surface area (Å²) in [4.78, 5) is 24.8. The Morgan fingerprint density at radius 1 is 1.00 bits per heavy atom. The zero-order chi connectivity index (χ0) is 19.8. The van der Waals surface area contributed by atoms with Gasteiger partial charge in [-0.15, -0.1) is 0 Å². The first-order valence-corrected chi connectivity index (χ1v) is 8.64. The molecule has 0 aliphatic rings. The zero-order valence-electron chi connectivity index (χ0n) is 15.7. The number of nitrogens with zero attached hydrogens (tertiary/aromatic N) is 3. The molecular formula is C20H21N5O3. The summed E-state index contributed by atoms with van der Waals surface area (Å²) in [7, 11) is 3.18. The van der Waals surface area contributed by atoms with Gasteiger partial charge in [0.15, 0.2) is 11.5 Å². The largest absolute Gasteiger partial charge is 0.493 e. The summed E-state index contributed by atoms with van der Waals surface area (Å²) < 4.78 is 10.5. The lowest BCUT2D eigenvalue weighted by molar-refractivity contribution is 0.0946. The number of rotatable bonds is 8. The molecule has 1 aromatic carbocycles. The van der Waals surface area contributed by atoms with Crippen molar-refractivity contribution in [2.75, 3.05) is 19.5 Å². The van der Waals surface area contributed by atoms with Gasteiger partial charge in [0.2, 0.25) is 5.95 Å². The molecule has 0 aliphatic carbocycles. The molecule has 3 rings (SSSR count). The van der Waals surface area contributed by atoms with Gasteiger partial charge in [-0.3, -0.25) is 9.78 Å². The molecule has 8 heteroatoms. The molecule has 0 radical (unpaired) electrons. The van der Waals surface area contributed by atoms with E-state index in [0.717, 1.165) is 11.1 Å². The van der Waals surface area contributed by atoms with Crippen LogP contribution in [0.4, 0.5) is 5.95 Å². The number of aromatic nitrogens is 3. The van der Waals surface area contributed by atoms with Crippen molar-refractivity contribution in [2.24, 2.45) is 0 Å². The van der Waals surface area contributed by atoms with Crippen molar-refractivity contribution in [1.82, 2.24) is 20.3 Å². The van der Waals surface area contributed by atoms with Crippen LogP contribution in [-0.2, 0) is 13.1 Å². The van der Waals surface area contributed by atoms with E-state index in [1.807, 2.05) is 30.3 Å². The molecule has 0 saturated heterocycles. The fourth-order valence-corrected chi connectivity index (χ4v) is 2.52.